The summed E-state index contributed by atoms with van der Waals surface area (Å²) in [6.07, 6.45) is 13.1. The van der Waals surface area contributed by atoms with Gasteiger partial charge in [0.05, 0.1) is 24.2 Å². The third-order valence-corrected chi connectivity index (χ3v) is 4.47. The predicted molar refractivity (Wildman–Crippen MR) is 99.3 cm³/mol. The molecular weight excluding hydrogens is 298 g/mol. The van der Waals surface area contributed by atoms with E-state index in [1.54, 1.807) is 7.11 Å². The monoisotopic (exact) mass is 323 g/mol. The minimum Gasteiger partial charge on any atom is -0.494 e. The van der Waals surface area contributed by atoms with Crippen LogP contribution in [0.5, 0.6) is 0 Å². The fourth-order valence-electron chi connectivity index (χ4n) is 3.09. The summed E-state index contributed by atoms with van der Waals surface area (Å²) < 4.78 is 5.48. The van der Waals surface area contributed by atoms with E-state index < -0.39 is 0 Å². The topological polar surface area (TPSA) is 49.7 Å². The lowest BCUT2D eigenvalue weighted by atomic mass is 9.98. The normalized spacial score (nSPS) is 21.6. The highest BCUT2D eigenvalue weighted by atomic mass is 16.5. The van der Waals surface area contributed by atoms with Crippen LogP contribution in [0.4, 0.5) is 0 Å². The zero-order chi connectivity index (χ0) is 16.9. The standard InChI is InChI=1S/C20H25N3O/c1-4-5-6-8-15-11-16(22-14(15)2)12-19-20(24-3)13-18(23-19)17-9-7-10-21-17/h7,9-13,15,21H,4-6,8H2,1-3H3. The molecule has 1 N–H and O–H groups in total. The van der Waals surface area contributed by atoms with Crippen LogP contribution in [0.15, 0.2) is 63.7 Å². The molecule has 3 rings (SSSR count). The molecule has 1 aromatic heterocycles. The molecule has 1 unspecified atom stereocenters. The number of aromatic nitrogens is 1. The maximum Gasteiger partial charge on any atom is 0.146 e. The maximum atomic E-state index is 5.48. The number of nitrogens with zero attached hydrogens (tertiary/aromatic N) is 2. The van der Waals surface area contributed by atoms with Gasteiger partial charge in [-0.25, -0.2) is 4.99 Å². The summed E-state index contributed by atoms with van der Waals surface area (Å²) in [5, 5.41) is 0. The highest BCUT2D eigenvalue weighted by molar-refractivity contribution is 6.10. The van der Waals surface area contributed by atoms with Crippen molar-refractivity contribution in [2.75, 3.05) is 7.11 Å². The van der Waals surface area contributed by atoms with Crippen molar-refractivity contribution in [1.82, 2.24) is 4.98 Å². The van der Waals surface area contributed by atoms with E-state index in [2.05, 4.69) is 24.9 Å². The van der Waals surface area contributed by atoms with Gasteiger partial charge >= 0.3 is 0 Å². The molecule has 0 saturated carbocycles. The van der Waals surface area contributed by atoms with Crippen molar-refractivity contribution in [2.45, 2.75) is 39.5 Å². The number of rotatable bonds is 7. The molecule has 2 aliphatic rings. The van der Waals surface area contributed by atoms with Gasteiger partial charge in [-0.15, -0.1) is 0 Å². The van der Waals surface area contributed by atoms with Crippen LogP contribution >= 0.6 is 0 Å². The highest BCUT2D eigenvalue weighted by Gasteiger charge is 2.20. The molecule has 0 bridgehead atoms. The van der Waals surface area contributed by atoms with Gasteiger partial charge in [0.1, 0.15) is 11.5 Å². The molecule has 0 amide bonds. The van der Waals surface area contributed by atoms with E-state index in [1.165, 1.54) is 31.4 Å². The van der Waals surface area contributed by atoms with Crippen LogP contribution in [0.2, 0.25) is 0 Å². The first-order valence-electron chi connectivity index (χ1n) is 8.68. The van der Waals surface area contributed by atoms with Crippen LogP contribution in [0.3, 0.4) is 0 Å². The van der Waals surface area contributed by atoms with E-state index in [4.69, 9.17) is 14.7 Å². The van der Waals surface area contributed by atoms with Crippen LogP contribution < -0.4 is 0 Å². The fraction of sp³-hybridized carbons (Fsp3) is 0.400. The third-order valence-electron chi connectivity index (χ3n) is 4.47. The first kappa shape index (κ1) is 16.5. The molecular formula is C20H25N3O. The highest BCUT2D eigenvalue weighted by Crippen LogP contribution is 2.28. The third kappa shape index (κ3) is 3.58. The van der Waals surface area contributed by atoms with Crippen LogP contribution in [-0.4, -0.2) is 23.5 Å². The number of allylic oxidation sites excluding steroid dienone is 3. The minimum atomic E-state index is 0.464. The average molecular weight is 323 g/mol. The zero-order valence-corrected chi connectivity index (χ0v) is 14.7. The fourth-order valence-corrected chi connectivity index (χ4v) is 3.09. The number of unbranched alkanes of at least 4 members (excludes halogenated alkanes) is 2. The Hall–Kier alpha value is -2.36. The Bertz CT molecular complexity index is 733. The van der Waals surface area contributed by atoms with Crippen molar-refractivity contribution in [3.63, 3.8) is 0 Å². The summed E-state index contributed by atoms with van der Waals surface area (Å²) in [6.45, 7) is 4.35. The number of ether oxygens (including phenoxy) is 1. The van der Waals surface area contributed by atoms with Gasteiger partial charge < -0.3 is 9.72 Å². The first-order chi connectivity index (χ1) is 11.7. The Kier molecular flexibility index (Phi) is 5.14. The number of hydrogen-bond donors (Lipinski definition) is 1. The molecule has 0 fully saturated rings. The van der Waals surface area contributed by atoms with Gasteiger partial charge in [0, 0.05) is 23.9 Å². The average Bonchev–Trinajstić information content (AvgIpc) is 3.28. The van der Waals surface area contributed by atoms with E-state index >= 15 is 0 Å². The smallest absolute Gasteiger partial charge is 0.146 e. The Balaban J connectivity index is 1.78. The molecule has 24 heavy (non-hydrogen) atoms. The second-order valence-electron chi connectivity index (χ2n) is 6.27. The number of methoxy groups -OCH3 is 1. The summed E-state index contributed by atoms with van der Waals surface area (Å²) >= 11 is 0. The summed E-state index contributed by atoms with van der Waals surface area (Å²) in [5.74, 6) is 1.24. The molecule has 0 aliphatic carbocycles. The summed E-state index contributed by atoms with van der Waals surface area (Å²) in [5.41, 5.74) is 4.90. The van der Waals surface area contributed by atoms with Crippen molar-refractivity contribution < 1.29 is 4.74 Å². The lowest BCUT2D eigenvalue weighted by Gasteiger charge is -2.06. The maximum absolute atomic E-state index is 5.48. The predicted octanol–water partition coefficient (Wildman–Crippen LogP) is 4.79. The number of aliphatic imine (C=N–C) groups is 2. The molecule has 4 heteroatoms. The van der Waals surface area contributed by atoms with Gasteiger partial charge in [-0.1, -0.05) is 26.2 Å². The van der Waals surface area contributed by atoms with Gasteiger partial charge in [-0.3, -0.25) is 4.99 Å². The molecule has 4 nitrogen and oxygen atoms in total. The lowest BCUT2D eigenvalue weighted by Crippen LogP contribution is -2.04. The number of nitrogens with one attached hydrogen (secondary N) is 1. The number of H-pyrrole nitrogens is 1. The van der Waals surface area contributed by atoms with Crippen molar-refractivity contribution in [2.24, 2.45) is 15.9 Å². The zero-order valence-electron chi connectivity index (χ0n) is 14.7. The number of hydrogen-bond acceptors (Lipinski definition) is 3. The minimum absolute atomic E-state index is 0.464. The van der Waals surface area contributed by atoms with E-state index in [0.29, 0.717) is 5.92 Å². The molecule has 2 aliphatic heterocycles. The van der Waals surface area contributed by atoms with Crippen molar-refractivity contribution in [3.8, 4) is 0 Å². The summed E-state index contributed by atoms with van der Waals surface area (Å²) in [7, 11) is 1.68. The van der Waals surface area contributed by atoms with Gasteiger partial charge in [-0.2, -0.15) is 0 Å². The van der Waals surface area contributed by atoms with Crippen LogP contribution in [0, 0.1) is 5.92 Å². The number of aromatic amines is 1. The van der Waals surface area contributed by atoms with Crippen LogP contribution in [0.1, 0.15) is 45.2 Å². The van der Waals surface area contributed by atoms with Gasteiger partial charge in [0.25, 0.3) is 0 Å². The molecule has 1 aromatic rings. The summed E-state index contributed by atoms with van der Waals surface area (Å²) in [4.78, 5) is 12.6. The SMILES string of the molecule is CCCCCC1C=C(C=C2N=C(c3ccc[nH]3)C=C2OC)N=C1C. The second-order valence-corrected chi connectivity index (χ2v) is 6.27. The summed E-state index contributed by atoms with van der Waals surface area (Å²) in [6, 6.07) is 3.97. The Morgan fingerprint density at radius 1 is 1.29 bits per heavy atom. The Labute approximate surface area is 143 Å². The molecule has 3 heterocycles. The molecule has 0 aromatic carbocycles. The van der Waals surface area contributed by atoms with Gasteiger partial charge in [0.15, 0.2) is 0 Å². The van der Waals surface area contributed by atoms with E-state index in [9.17, 15) is 0 Å². The van der Waals surface area contributed by atoms with Gasteiger partial charge in [-0.05, 0) is 37.6 Å². The molecule has 0 saturated heterocycles. The van der Waals surface area contributed by atoms with E-state index in [1.807, 2.05) is 30.5 Å². The van der Waals surface area contributed by atoms with Crippen molar-refractivity contribution >= 4 is 11.4 Å². The quantitative estimate of drug-likeness (QED) is 0.721. The van der Waals surface area contributed by atoms with Crippen LogP contribution in [-0.2, 0) is 4.74 Å². The van der Waals surface area contributed by atoms with E-state index in [-0.39, 0.29) is 0 Å². The molecule has 0 spiro atoms. The first-order valence-corrected chi connectivity index (χ1v) is 8.68. The largest absolute Gasteiger partial charge is 0.494 e. The Morgan fingerprint density at radius 3 is 2.88 bits per heavy atom. The Morgan fingerprint density at radius 2 is 2.17 bits per heavy atom. The van der Waals surface area contributed by atoms with E-state index in [0.717, 1.165) is 28.6 Å². The van der Waals surface area contributed by atoms with Crippen molar-refractivity contribution in [1.29, 1.82) is 0 Å². The lowest BCUT2D eigenvalue weighted by molar-refractivity contribution is 0.302. The van der Waals surface area contributed by atoms with Crippen LogP contribution in [0.25, 0.3) is 0 Å². The molecule has 0 radical (unpaired) electrons. The molecule has 1 atom stereocenters. The van der Waals surface area contributed by atoms with Crippen molar-refractivity contribution in [3.05, 3.63) is 59.4 Å². The second kappa shape index (κ2) is 7.47. The van der Waals surface area contributed by atoms with Gasteiger partial charge in [0.2, 0.25) is 0 Å². The molecule has 126 valence electrons.